The van der Waals surface area contributed by atoms with Gasteiger partial charge in [-0.25, -0.2) is 4.79 Å². The lowest BCUT2D eigenvalue weighted by Gasteiger charge is -2.32. The molecule has 1 aromatic rings. The average Bonchev–Trinajstić information content (AvgIpc) is 2.67. The molecule has 0 aliphatic carbocycles. The zero-order valence-electron chi connectivity index (χ0n) is 13.9. The van der Waals surface area contributed by atoms with Crippen molar-refractivity contribution in [2.75, 3.05) is 6.61 Å². The quantitative estimate of drug-likeness (QED) is 0.365. The van der Waals surface area contributed by atoms with Gasteiger partial charge in [0.1, 0.15) is 5.56 Å². The van der Waals surface area contributed by atoms with Crippen LogP contribution in [0.2, 0.25) is 0 Å². The van der Waals surface area contributed by atoms with Gasteiger partial charge in [0, 0.05) is 6.07 Å². The lowest BCUT2D eigenvalue weighted by molar-refractivity contribution is -0.385. The Labute approximate surface area is 135 Å². The summed E-state index contributed by atoms with van der Waals surface area (Å²) in [6, 6.07) is 4.20. The van der Waals surface area contributed by atoms with Crippen LogP contribution in [0.15, 0.2) is 18.2 Å². The van der Waals surface area contributed by atoms with E-state index in [4.69, 9.17) is 14.0 Å². The van der Waals surface area contributed by atoms with Gasteiger partial charge in [-0.2, -0.15) is 0 Å². The maximum atomic E-state index is 12.0. The van der Waals surface area contributed by atoms with E-state index in [2.05, 4.69) is 0 Å². The number of hydrogen-bond acceptors (Lipinski definition) is 6. The molecule has 1 saturated heterocycles. The Morgan fingerprint density at radius 1 is 1.26 bits per heavy atom. The molecule has 7 nitrogen and oxygen atoms in total. The lowest BCUT2D eigenvalue weighted by Crippen LogP contribution is -2.41. The van der Waals surface area contributed by atoms with Gasteiger partial charge >= 0.3 is 13.1 Å². The van der Waals surface area contributed by atoms with E-state index in [1.54, 1.807) is 6.92 Å². The van der Waals surface area contributed by atoms with E-state index >= 15 is 0 Å². The monoisotopic (exact) mass is 321 g/mol. The molecule has 0 aromatic heterocycles. The third-order valence-corrected chi connectivity index (χ3v) is 4.24. The van der Waals surface area contributed by atoms with Crippen LogP contribution in [0, 0.1) is 10.1 Å². The zero-order valence-corrected chi connectivity index (χ0v) is 13.9. The van der Waals surface area contributed by atoms with Crippen molar-refractivity contribution in [2.24, 2.45) is 0 Å². The van der Waals surface area contributed by atoms with Gasteiger partial charge in [0.25, 0.3) is 5.69 Å². The molecule has 2 rings (SSSR count). The molecule has 0 atom stereocenters. The number of nitrogens with zero attached hydrogens (tertiary/aromatic N) is 1. The number of rotatable bonds is 4. The van der Waals surface area contributed by atoms with Crippen molar-refractivity contribution in [3.63, 3.8) is 0 Å². The standard InChI is InChI=1S/C15H20BNO6/c1-6-21-13(18)11-9-10(7-8-12(11)17(19)20)16-22-14(2,3)15(4,5)23-16/h7-9H,6H2,1-5H3. The second kappa shape index (κ2) is 5.94. The van der Waals surface area contributed by atoms with E-state index < -0.39 is 29.2 Å². The number of nitro groups is 1. The van der Waals surface area contributed by atoms with Crippen molar-refractivity contribution in [3.05, 3.63) is 33.9 Å². The highest BCUT2D eigenvalue weighted by molar-refractivity contribution is 6.62. The van der Waals surface area contributed by atoms with Crippen LogP contribution in [0.4, 0.5) is 5.69 Å². The molecule has 1 aromatic carbocycles. The maximum absolute atomic E-state index is 12.0. The lowest BCUT2D eigenvalue weighted by atomic mass is 9.78. The Hall–Kier alpha value is -1.93. The van der Waals surface area contributed by atoms with Crippen molar-refractivity contribution in [2.45, 2.75) is 45.8 Å². The van der Waals surface area contributed by atoms with Gasteiger partial charge in [0.05, 0.1) is 22.7 Å². The summed E-state index contributed by atoms with van der Waals surface area (Å²) in [6.07, 6.45) is 0. The number of hydrogen-bond donors (Lipinski definition) is 0. The van der Waals surface area contributed by atoms with Crippen molar-refractivity contribution < 1.29 is 23.8 Å². The molecule has 0 spiro atoms. The molecular weight excluding hydrogens is 301 g/mol. The third-order valence-electron chi connectivity index (χ3n) is 4.24. The van der Waals surface area contributed by atoms with Crippen molar-refractivity contribution >= 4 is 24.2 Å². The molecule has 0 N–H and O–H groups in total. The Morgan fingerprint density at radius 3 is 2.30 bits per heavy atom. The fourth-order valence-corrected chi connectivity index (χ4v) is 2.21. The zero-order chi connectivity index (χ0) is 17.4. The number of carbonyl (C=O) groups excluding carboxylic acids is 1. The number of carbonyl (C=O) groups is 1. The Kier molecular flexibility index (Phi) is 4.50. The molecule has 0 bridgehead atoms. The molecule has 1 fully saturated rings. The highest BCUT2D eigenvalue weighted by Crippen LogP contribution is 2.36. The highest BCUT2D eigenvalue weighted by Gasteiger charge is 2.52. The first-order chi connectivity index (χ1) is 10.6. The van der Waals surface area contributed by atoms with E-state index in [0.717, 1.165) is 0 Å². The Balaban J connectivity index is 2.41. The Morgan fingerprint density at radius 2 is 1.83 bits per heavy atom. The number of nitro benzene ring substituents is 1. The van der Waals surface area contributed by atoms with Gasteiger partial charge < -0.3 is 14.0 Å². The van der Waals surface area contributed by atoms with Crippen molar-refractivity contribution in [1.29, 1.82) is 0 Å². The predicted molar refractivity (Wildman–Crippen MR) is 84.8 cm³/mol. The SMILES string of the molecule is CCOC(=O)c1cc(B2OC(C)(C)C(C)(C)O2)ccc1[N+](=O)[O-]. The minimum atomic E-state index is -0.738. The van der Waals surface area contributed by atoms with Gasteiger partial charge in [-0.3, -0.25) is 10.1 Å². The first-order valence-corrected chi connectivity index (χ1v) is 7.40. The smallest absolute Gasteiger partial charge is 0.462 e. The fourth-order valence-electron chi connectivity index (χ4n) is 2.21. The summed E-state index contributed by atoms with van der Waals surface area (Å²) in [6.45, 7) is 9.41. The summed E-state index contributed by atoms with van der Waals surface area (Å²) in [7, 11) is -0.700. The van der Waals surface area contributed by atoms with Crippen LogP contribution in [-0.4, -0.2) is 35.8 Å². The van der Waals surface area contributed by atoms with Crippen LogP contribution in [0.25, 0.3) is 0 Å². The van der Waals surface area contributed by atoms with Crippen LogP contribution in [-0.2, 0) is 14.0 Å². The van der Waals surface area contributed by atoms with Crippen LogP contribution < -0.4 is 5.46 Å². The molecule has 23 heavy (non-hydrogen) atoms. The number of esters is 1. The van der Waals surface area contributed by atoms with Crippen LogP contribution in [0.1, 0.15) is 45.0 Å². The largest absolute Gasteiger partial charge is 0.494 e. The van der Waals surface area contributed by atoms with Gasteiger partial charge in [-0.05, 0) is 46.1 Å². The van der Waals surface area contributed by atoms with Crippen LogP contribution in [0.5, 0.6) is 0 Å². The first kappa shape index (κ1) is 17.4. The fraction of sp³-hybridized carbons (Fsp3) is 0.533. The van der Waals surface area contributed by atoms with Gasteiger partial charge in [-0.1, -0.05) is 6.07 Å². The maximum Gasteiger partial charge on any atom is 0.494 e. The second-order valence-electron chi connectivity index (χ2n) is 6.34. The third kappa shape index (κ3) is 3.23. The molecular formula is C15H20BNO6. The molecule has 0 saturated carbocycles. The van der Waals surface area contributed by atoms with E-state index in [0.29, 0.717) is 5.46 Å². The average molecular weight is 321 g/mol. The minimum absolute atomic E-state index is 0.107. The summed E-state index contributed by atoms with van der Waals surface area (Å²) < 4.78 is 16.7. The summed E-state index contributed by atoms with van der Waals surface area (Å²) in [5, 5.41) is 11.1. The predicted octanol–water partition coefficient (Wildman–Crippen LogP) is 2.07. The molecule has 1 heterocycles. The normalized spacial score (nSPS) is 18.7. The highest BCUT2D eigenvalue weighted by atomic mass is 16.7. The molecule has 8 heteroatoms. The molecule has 0 amide bonds. The summed E-state index contributed by atoms with van der Waals surface area (Å²) in [5.41, 5.74) is -0.947. The van der Waals surface area contributed by atoms with Crippen LogP contribution in [0.3, 0.4) is 0 Å². The molecule has 124 valence electrons. The van der Waals surface area contributed by atoms with Crippen molar-refractivity contribution in [1.82, 2.24) is 0 Å². The molecule has 1 aliphatic rings. The summed E-state index contributed by atoms with van der Waals surface area (Å²) in [4.78, 5) is 22.5. The van der Waals surface area contributed by atoms with Gasteiger partial charge in [-0.15, -0.1) is 0 Å². The summed E-state index contributed by atoms with van der Waals surface area (Å²) in [5.74, 6) is -0.738. The minimum Gasteiger partial charge on any atom is -0.462 e. The summed E-state index contributed by atoms with van der Waals surface area (Å²) >= 11 is 0. The van der Waals surface area contributed by atoms with Gasteiger partial charge in [0.15, 0.2) is 0 Å². The van der Waals surface area contributed by atoms with E-state index in [9.17, 15) is 14.9 Å². The topological polar surface area (TPSA) is 87.9 Å². The van der Waals surface area contributed by atoms with Gasteiger partial charge in [0.2, 0.25) is 0 Å². The van der Waals surface area contributed by atoms with E-state index in [1.807, 2.05) is 27.7 Å². The Bertz CT molecular complexity index is 627. The van der Waals surface area contributed by atoms with Crippen molar-refractivity contribution in [3.8, 4) is 0 Å². The first-order valence-electron chi connectivity index (χ1n) is 7.40. The number of ether oxygens (including phenoxy) is 1. The second-order valence-corrected chi connectivity index (χ2v) is 6.34. The van der Waals surface area contributed by atoms with E-state index in [-0.39, 0.29) is 17.9 Å². The van der Waals surface area contributed by atoms with Crippen LogP contribution >= 0.6 is 0 Å². The number of benzene rings is 1. The van der Waals surface area contributed by atoms with E-state index in [1.165, 1.54) is 18.2 Å². The molecule has 0 unspecified atom stereocenters. The molecule has 1 aliphatic heterocycles. The molecule has 0 radical (unpaired) electrons.